The topological polar surface area (TPSA) is 52.8 Å². The van der Waals surface area contributed by atoms with Crippen molar-refractivity contribution in [3.05, 3.63) is 17.8 Å². The summed E-state index contributed by atoms with van der Waals surface area (Å²) in [5.74, 6) is 2.34. The summed E-state index contributed by atoms with van der Waals surface area (Å²) < 4.78 is 0. The maximum absolute atomic E-state index is 8.75. The van der Waals surface area contributed by atoms with Crippen molar-refractivity contribution in [3.8, 4) is 6.07 Å². The maximum atomic E-state index is 8.75. The summed E-state index contributed by atoms with van der Waals surface area (Å²) in [7, 11) is 0. The van der Waals surface area contributed by atoms with Crippen LogP contribution in [0.4, 0.5) is 5.82 Å². The van der Waals surface area contributed by atoms with E-state index in [0.29, 0.717) is 11.6 Å². The molecule has 0 aromatic carbocycles. The molecule has 0 saturated carbocycles. The van der Waals surface area contributed by atoms with Gasteiger partial charge < -0.3 is 4.90 Å². The summed E-state index contributed by atoms with van der Waals surface area (Å²) in [6, 6.07) is 5.64. The van der Waals surface area contributed by atoms with Crippen LogP contribution in [0.5, 0.6) is 0 Å². The first-order valence-corrected chi connectivity index (χ1v) is 6.93. The van der Waals surface area contributed by atoms with Crippen LogP contribution in [0, 0.1) is 28.6 Å². The van der Waals surface area contributed by atoms with Gasteiger partial charge in [-0.3, -0.25) is 0 Å². The van der Waals surface area contributed by atoms with Gasteiger partial charge in [-0.2, -0.15) is 5.26 Å². The van der Waals surface area contributed by atoms with E-state index in [2.05, 4.69) is 42.8 Å². The van der Waals surface area contributed by atoms with Crippen LogP contribution in [-0.4, -0.2) is 23.3 Å². The maximum Gasteiger partial charge on any atom is 0.163 e. The SMILES string of the molecule is CC(C)C1CCN(c2ccc(C#N)nn2)CC1(C)C. The molecular formula is C15H22N4. The van der Waals surface area contributed by atoms with Crippen LogP contribution >= 0.6 is 0 Å². The highest BCUT2D eigenvalue weighted by atomic mass is 15.3. The van der Waals surface area contributed by atoms with Crippen LogP contribution in [0.3, 0.4) is 0 Å². The Balaban J connectivity index is 2.14. The fraction of sp³-hybridized carbons (Fsp3) is 0.667. The van der Waals surface area contributed by atoms with E-state index in [9.17, 15) is 0 Å². The molecule has 0 amide bonds. The molecule has 1 aliphatic heterocycles. The number of nitriles is 1. The Morgan fingerprint density at radius 1 is 1.37 bits per heavy atom. The summed E-state index contributed by atoms with van der Waals surface area (Å²) >= 11 is 0. The smallest absolute Gasteiger partial charge is 0.163 e. The van der Waals surface area contributed by atoms with Crippen molar-refractivity contribution in [1.82, 2.24) is 10.2 Å². The highest BCUT2D eigenvalue weighted by Crippen LogP contribution is 2.40. The Bertz CT molecular complexity index is 470. The number of anilines is 1. The Hall–Kier alpha value is -1.63. The van der Waals surface area contributed by atoms with E-state index in [-0.39, 0.29) is 5.41 Å². The minimum Gasteiger partial charge on any atom is -0.355 e. The van der Waals surface area contributed by atoms with Gasteiger partial charge in [0.15, 0.2) is 11.5 Å². The molecule has 4 heteroatoms. The Morgan fingerprint density at radius 2 is 2.11 bits per heavy atom. The van der Waals surface area contributed by atoms with Gasteiger partial charge in [-0.1, -0.05) is 27.7 Å². The lowest BCUT2D eigenvalue weighted by Gasteiger charge is -2.46. The van der Waals surface area contributed by atoms with Gasteiger partial charge in [-0.05, 0) is 35.8 Å². The molecule has 19 heavy (non-hydrogen) atoms. The molecule has 1 aromatic rings. The Labute approximate surface area is 115 Å². The minimum atomic E-state index is 0.280. The van der Waals surface area contributed by atoms with Gasteiger partial charge in [0, 0.05) is 13.1 Å². The number of hydrogen-bond acceptors (Lipinski definition) is 4. The zero-order valence-corrected chi connectivity index (χ0v) is 12.2. The van der Waals surface area contributed by atoms with Crippen molar-refractivity contribution in [3.63, 3.8) is 0 Å². The lowest BCUT2D eigenvalue weighted by atomic mass is 9.69. The summed E-state index contributed by atoms with van der Waals surface area (Å²) in [6.07, 6.45) is 1.19. The molecule has 0 spiro atoms. The predicted octanol–water partition coefficient (Wildman–Crippen LogP) is 2.86. The summed E-state index contributed by atoms with van der Waals surface area (Å²) in [5.41, 5.74) is 0.655. The van der Waals surface area contributed by atoms with E-state index in [1.165, 1.54) is 6.42 Å². The predicted molar refractivity (Wildman–Crippen MR) is 75.7 cm³/mol. The number of rotatable bonds is 2. The Morgan fingerprint density at radius 3 is 2.58 bits per heavy atom. The summed E-state index contributed by atoms with van der Waals surface area (Å²) in [5, 5.41) is 16.8. The van der Waals surface area contributed by atoms with E-state index < -0.39 is 0 Å². The number of hydrogen-bond donors (Lipinski definition) is 0. The lowest BCUT2D eigenvalue weighted by molar-refractivity contribution is 0.127. The fourth-order valence-electron chi connectivity index (χ4n) is 3.36. The molecule has 4 nitrogen and oxygen atoms in total. The standard InChI is InChI=1S/C15H22N4/c1-11(2)13-7-8-19(10-15(13,3)4)14-6-5-12(9-16)17-18-14/h5-6,11,13H,7-8,10H2,1-4H3. The van der Waals surface area contributed by atoms with Crippen LogP contribution in [0.1, 0.15) is 39.8 Å². The molecule has 0 N–H and O–H groups in total. The number of nitrogens with zero attached hydrogens (tertiary/aromatic N) is 4. The van der Waals surface area contributed by atoms with Crippen LogP contribution in [0.2, 0.25) is 0 Å². The average molecular weight is 258 g/mol. The molecule has 1 aliphatic rings. The monoisotopic (exact) mass is 258 g/mol. The molecule has 102 valence electrons. The highest BCUT2D eigenvalue weighted by molar-refractivity contribution is 5.40. The average Bonchev–Trinajstić information content (AvgIpc) is 2.37. The third kappa shape index (κ3) is 2.86. The quantitative estimate of drug-likeness (QED) is 0.818. The van der Waals surface area contributed by atoms with E-state index >= 15 is 0 Å². The summed E-state index contributed by atoms with van der Waals surface area (Å²) in [6.45, 7) is 11.3. The van der Waals surface area contributed by atoms with E-state index in [4.69, 9.17) is 5.26 Å². The first-order chi connectivity index (χ1) is 8.94. The van der Waals surface area contributed by atoms with Crippen LogP contribution in [0.25, 0.3) is 0 Å². The first-order valence-electron chi connectivity index (χ1n) is 6.93. The van der Waals surface area contributed by atoms with Gasteiger partial charge in [0.2, 0.25) is 0 Å². The van der Waals surface area contributed by atoms with Crippen LogP contribution in [0.15, 0.2) is 12.1 Å². The van der Waals surface area contributed by atoms with Gasteiger partial charge in [0.25, 0.3) is 0 Å². The van der Waals surface area contributed by atoms with Gasteiger partial charge in [0.05, 0.1) is 0 Å². The molecule has 1 saturated heterocycles. The zero-order valence-electron chi connectivity index (χ0n) is 12.2. The molecule has 0 bridgehead atoms. The van der Waals surface area contributed by atoms with E-state index in [1.807, 2.05) is 12.1 Å². The molecule has 1 unspecified atom stereocenters. The fourth-order valence-corrected chi connectivity index (χ4v) is 3.36. The number of piperidine rings is 1. The molecule has 0 aliphatic carbocycles. The van der Waals surface area contributed by atoms with Gasteiger partial charge >= 0.3 is 0 Å². The van der Waals surface area contributed by atoms with Crippen molar-refractivity contribution in [2.45, 2.75) is 34.1 Å². The van der Waals surface area contributed by atoms with Crippen molar-refractivity contribution in [2.24, 2.45) is 17.3 Å². The van der Waals surface area contributed by atoms with E-state index in [0.717, 1.165) is 24.8 Å². The van der Waals surface area contributed by atoms with Gasteiger partial charge in [-0.15, -0.1) is 10.2 Å². The van der Waals surface area contributed by atoms with E-state index in [1.54, 1.807) is 6.07 Å². The normalized spacial score (nSPS) is 22.3. The van der Waals surface area contributed by atoms with Crippen LogP contribution in [-0.2, 0) is 0 Å². The van der Waals surface area contributed by atoms with Crippen LogP contribution < -0.4 is 4.90 Å². The largest absolute Gasteiger partial charge is 0.355 e. The molecule has 0 radical (unpaired) electrons. The van der Waals surface area contributed by atoms with Crippen molar-refractivity contribution in [1.29, 1.82) is 5.26 Å². The molecule has 2 heterocycles. The second-order valence-corrected chi connectivity index (χ2v) is 6.44. The first kappa shape index (κ1) is 13.8. The van der Waals surface area contributed by atoms with Crippen molar-refractivity contribution < 1.29 is 0 Å². The third-order valence-electron chi connectivity index (χ3n) is 4.21. The number of aromatic nitrogens is 2. The van der Waals surface area contributed by atoms with Crippen molar-refractivity contribution >= 4 is 5.82 Å². The molecule has 1 atom stereocenters. The van der Waals surface area contributed by atoms with Gasteiger partial charge in [0.1, 0.15) is 6.07 Å². The molecule has 1 fully saturated rings. The summed E-state index contributed by atoms with van der Waals surface area (Å²) in [4.78, 5) is 2.28. The molecular weight excluding hydrogens is 236 g/mol. The molecule has 2 rings (SSSR count). The Kier molecular flexibility index (Phi) is 3.75. The molecule has 1 aromatic heterocycles. The minimum absolute atomic E-state index is 0.280. The zero-order chi connectivity index (χ0) is 14.0. The highest BCUT2D eigenvalue weighted by Gasteiger charge is 2.37. The van der Waals surface area contributed by atoms with Crippen molar-refractivity contribution in [2.75, 3.05) is 18.0 Å². The second kappa shape index (κ2) is 5.16. The van der Waals surface area contributed by atoms with Gasteiger partial charge in [-0.25, -0.2) is 0 Å². The lowest BCUT2D eigenvalue weighted by Crippen LogP contribution is -2.47. The second-order valence-electron chi connectivity index (χ2n) is 6.44. The third-order valence-corrected chi connectivity index (χ3v) is 4.21.